The predicted octanol–water partition coefficient (Wildman–Crippen LogP) is 3.98. The number of para-hydroxylation sites is 1. The molecule has 2 aromatic carbocycles. The molecule has 0 aromatic heterocycles. The number of esters is 1. The zero-order chi connectivity index (χ0) is 18.7. The third-order valence-electron chi connectivity index (χ3n) is 4.00. The van der Waals surface area contributed by atoms with Gasteiger partial charge in [-0.3, -0.25) is 0 Å². The van der Waals surface area contributed by atoms with E-state index < -0.39 is 11.9 Å². The number of hydrogen-bond donors (Lipinski definition) is 1. The van der Waals surface area contributed by atoms with Crippen LogP contribution in [0.1, 0.15) is 18.4 Å². The van der Waals surface area contributed by atoms with E-state index in [2.05, 4.69) is 28.7 Å². The lowest BCUT2D eigenvalue weighted by molar-refractivity contribution is -0.130. The average molecular weight is 458 g/mol. The Hall–Kier alpha value is -2.79. The maximum atomic E-state index is 12.9. The number of rotatable bonds is 3. The highest BCUT2D eigenvalue weighted by molar-refractivity contribution is 14.1. The van der Waals surface area contributed by atoms with Crippen molar-refractivity contribution in [1.82, 2.24) is 0 Å². The molecule has 1 unspecified atom stereocenters. The van der Waals surface area contributed by atoms with Crippen LogP contribution in [-0.4, -0.2) is 5.97 Å². The summed E-state index contributed by atoms with van der Waals surface area (Å²) in [6.45, 7) is 1.64. The predicted molar refractivity (Wildman–Crippen MR) is 105 cm³/mol. The lowest BCUT2D eigenvalue weighted by atomic mass is 9.83. The van der Waals surface area contributed by atoms with Crippen LogP contribution in [0.15, 0.2) is 77.4 Å². The van der Waals surface area contributed by atoms with Crippen LogP contribution in [0.5, 0.6) is 5.75 Å². The lowest BCUT2D eigenvalue weighted by Crippen LogP contribution is -2.27. The molecule has 0 fully saturated rings. The summed E-state index contributed by atoms with van der Waals surface area (Å²) < 4.78 is 11.9. The van der Waals surface area contributed by atoms with E-state index in [9.17, 15) is 10.1 Å². The zero-order valence-electron chi connectivity index (χ0n) is 13.9. The van der Waals surface area contributed by atoms with Crippen molar-refractivity contribution < 1.29 is 14.3 Å². The number of hydrogen-bond acceptors (Lipinski definition) is 5. The van der Waals surface area contributed by atoms with Crippen LogP contribution in [0, 0.1) is 14.9 Å². The summed E-state index contributed by atoms with van der Waals surface area (Å²) >= 11 is 2.17. The van der Waals surface area contributed by atoms with Gasteiger partial charge >= 0.3 is 5.97 Å². The number of carbonyl (C=O) groups is 1. The molecule has 0 aliphatic carbocycles. The minimum absolute atomic E-state index is 0.00548. The first-order valence-corrected chi connectivity index (χ1v) is 8.90. The molecule has 1 atom stereocenters. The summed E-state index contributed by atoms with van der Waals surface area (Å²) in [4.78, 5) is 12.9. The van der Waals surface area contributed by atoms with Crippen molar-refractivity contribution in [2.24, 2.45) is 5.73 Å². The largest absolute Gasteiger partial charge is 0.445 e. The van der Waals surface area contributed by atoms with Gasteiger partial charge in [-0.25, -0.2) is 4.79 Å². The molecule has 26 heavy (non-hydrogen) atoms. The van der Waals surface area contributed by atoms with Gasteiger partial charge in [0.2, 0.25) is 5.88 Å². The molecule has 2 aromatic rings. The highest BCUT2D eigenvalue weighted by Crippen LogP contribution is 2.41. The standard InChI is InChI=1S/C20H15IN2O3/c1-12-17(20(24)26-13-7-3-2-4-8-13)18(15(11-22)19(23)25-12)14-9-5-6-10-16(14)21/h2-10,18H,23H2,1H3. The van der Waals surface area contributed by atoms with Crippen LogP contribution in [0.4, 0.5) is 0 Å². The van der Waals surface area contributed by atoms with Crippen LogP contribution in [-0.2, 0) is 9.53 Å². The first kappa shape index (κ1) is 18.0. The van der Waals surface area contributed by atoms with Gasteiger partial charge in [0.05, 0.1) is 11.5 Å². The van der Waals surface area contributed by atoms with Crippen LogP contribution < -0.4 is 10.5 Å². The second kappa shape index (κ2) is 7.62. The second-order valence-corrected chi connectivity index (χ2v) is 6.78. The highest BCUT2D eigenvalue weighted by Gasteiger charge is 2.37. The Balaban J connectivity index is 2.09. The van der Waals surface area contributed by atoms with E-state index in [-0.39, 0.29) is 17.0 Å². The molecule has 2 N–H and O–H groups in total. The molecule has 5 nitrogen and oxygen atoms in total. The minimum Gasteiger partial charge on any atom is -0.445 e. The van der Waals surface area contributed by atoms with Gasteiger partial charge in [-0.2, -0.15) is 5.26 Å². The summed E-state index contributed by atoms with van der Waals surface area (Å²) in [5, 5.41) is 9.61. The number of benzene rings is 2. The summed E-state index contributed by atoms with van der Waals surface area (Å²) in [5.41, 5.74) is 7.18. The Bertz CT molecular complexity index is 959. The number of halogens is 1. The number of ether oxygens (including phenoxy) is 2. The molecule has 1 heterocycles. The van der Waals surface area contributed by atoms with E-state index in [1.807, 2.05) is 30.3 Å². The number of allylic oxidation sites excluding steroid dienone is 2. The quantitative estimate of drug-likeness (QED) is 0.428. The van der Waals surface area contributed by atoms with E-state index in [4.69, 9.17) is 15.2 Å². The smallest absolute Gasteiger partial charge is 0.343 e. The van der Waals surface area contributed by atoms with Crippen molar-refractivity contribution in [3.05, 3.63) is 86.5 Å². The van der Waals surface area contributed by atoms with Crippen molar-refractivity contribution >= 4 is 28.6 Å². The van der Waals surface area contributed by atoms with Crippen LogP contribution in [0.3, 0.4) is 0 Å². The van der Waals surface area contributed by atoms with E-state index in [0.717, 1.165) is 9.13 Å². The van der Waals surface area contributed by atoms with Gasteiger partial charge in [0.25, 0.3) is 0 Å². The van der Waals surface area contributed by atoms with E-state index in [1.165, 1.54) is 0 Å². The van der Waals surface area contributed by atoms with Crippen LogP contribution >= 0.6 is 22.6 Å². The number of nitriles is 1. The molecule has 0 saturated heterocycles. The fourth-order valence-electron chi connectivity index (χ4n) is 2.82. The number of carbonyl (C=O) groups excluding carboxylic acids is 1. The molecule has 0 saturated carbocycles. The molecule has 1 aliphatic rings. The molecule has 0 radical (unpaired) electrons. The molecule has 3 rings (SSSR count). The molecule has 1 aliphatic heterocycles. The van der Waals surface area contributed by atoms with Gasteiger partial charge in [0, 0.05) is 3.57 Å². The fraction of sp³-hybridized carbons (Fsp3) is 0.100. The Morgan fingerprint density at radius 1 is 1.19 bits per heavy atom. The van der Waals surface area contributed by atoms with Crippen molar-refractivity contribution in [2.75, 3.05) is 0 Å². The summed E-state index contributed by atoms with van der Waals surface area (Å²) in [7, 11) is 0. The van der Waals surface area contributed by atoms with Gasteiger partial charge in [-0.15, -0.1) is 0 Å². The number of nitrogens with two attached hydrogens (primary N) is 1. The van der Waals surface area contributed by atoms with Gasteiger partial charge in [0.15, 0.2) is 0 Å². The molecule has 0 spiro atoms. The van der Waals surface area contributed by atoms with Crippen LogP contribution in [0.25, 0.3) is 0 Å². The van der Waals surface area contributed by atoms with E-state index in [0.29, 0.717) is 11.5 Å². The Morgan fingerprint density at radius 2 is 1.85 bits per heavy atom. The zero-order valence-corrected chi connectivity index (χ0v) is 16.1. The maximum absolute atomic E-state index is 12.9. The normalized spacial score (nSPS) is 16.7. The second-order valence-electron chi connectivity index (χ2n) is 5.62. The highest BCUT2D eigenvalue weighted by atomic mass is 127. The van der Waals surface area contributed by atoms with Gasteiger partial charge in [-0.1, -0.05) is 36.4 Å². The minimum atomic E-state index is -0.641. The average Bonchev–Trinajstić information content (AvgIpc) is 2.62. The van der Waals surface area contributed by atoms with Crippen molar-refractivity contribution in [3.8, 4) is 11.8 Å². The fourth-order valence-corrected chi connectivity index (χ4v) is 3.52. The molecule has 130 valence electrons. The SMILES string of the molecule is CC1=C(C(=O)Oc2ccccc2)C(c2ccccc2I)C(C#N)=C(N)O1. The van der Waals surface area contributed by atoms with E-state index in [1.54, 1.807) is 31.2 Å². The molecule has 6 heteroatoms. The summed E-state index contributed by atoms with van der Waals surface area (Å²) in [6, 6.07) is 18.4. The van der Waals surface area contributed by atoms with Crippen molar-refractivity contribution in [2.45, 2.75) is 12.8 Å². The van der Waals surface area contributed by atoms with E-state index >= 15 is 0 Å². The Kier molecular flexibility index (Phi) is 5.28. The molecular weight excluding hydrogens is 443 g/mol. The Labute approximate surface area is 164 Å². The monoisotopic (exact) mass is 458 g/mol. The third kappa shape index (κ3) is 3.44. The number of nitrogens with zero attached hydrogens (tertiary/aromatic N) is 1. The maximum Gasteiger partial charge on any atom is 0.343 e. The van der Waals surface area contributed by atoms with Gasteiger partial charge in [-0.05, 0) is 53.3 Å². The summed E-state index contributed by atoms with van der Waals surface area (Å²) in [6.07, 6.45) is 0. The lowest BCUT2D eigenvalue weighted by Gasteiger charge is -2.27. The molecular formula is C20H15IN2O3. The Morgan fingerprint density at radius 3 is 2.50 bits per heavy atom. The first-order chi connectivity index (χ1) is 12.5. The molecule has 0 bridgehead atoms. The first-order valence-electron chi connectivity index (χ1n) is 7.83. The topological polar surface area (TPSA) is 85.3 Å². The van der Waals surface area contributed by atoms with Crippen molar-refractivity contribution in [1.29, 1.82) is 5.26 Å². The van der Waals surface area contributed by atoms with Crippen molar-refractivity contribution in [3.63, 3.8) is 0 Å². The van der Waals surface area contributed by atoms with Gasteiger partial charge < -0.3 is 15.2 Å². The van der Waals surface area contributed by atoms with Gasteiger partial charge in [0.1, 0.15) is 23.2 Å². The summed E-state index contributed by atoms with van der Waals surface area (Å²) in [5.74, 6) is -0.463. The molecule has 0 amide bonds. The third-order valence-corrected chi connectivity index (χ3v) is 4.98. The van der Waals surface area contributed by atoms with Crippen LogP contribution in [0.2, 0.25) is 0 Å².